The van der Waals surface area contributed by atoms with E-state index in [1.165, 1.54) is 25.6 Å². The number of hydrogen-bond donors (Lipinski definition) is 2. The lowest BCUT2D eigenvalue weighted by Crippen LogP contribution is -2.30. The van der Waals surface area contributed by atoms with Crippen LogP contribution in [0.1, 0.15) is 29.3 Å². The zero-order valence-electron chi connectivity index (χ0n) is 14.5. The van der Waals surface area contributed by atoms with E-state index < -0.39 is 12.0 Å². The van der Waals surface area contributed by atoms with E-state index in [4.69, 9.17) is 21.1 Å². The van der Waals surface area contributed by atoms with E-state index in [1.54, 1.807) is 24.3 Å². The van der Waals surface area contributed by atoms with Crippen LogP contribution in [-0.2, 0) is 16.0 Å². The number of ether oxygens (including phenoxy) is 2. The van der Waals surface area contributed by atoms with Gasteiger partial charge in [0.2, 0.25) is 5.91 Å². The molecule has 0 aliphatic carbocycles. The zero-order chi connectivity index (χ0) is 19.1. The van der Waals surface area contributed by atoms with E-state index in [9.17, 15) is 14.7 Å². The van der Waals surface area contributed by atoms with Gasteiger partial charge in [-0.3, -0.25) is 9.59 Å². The van der Waals surface area contributed by atoms with E-state index in [-0.39, 0.29) is 18.7 Å². The van der Waals surface area contributed by atoms with Gasteiger partial charge in [0.1, 0.15) is 0 Å². The maximum Gasteiger partial charge on any atom is 0.305 e. The Labute approximate surface area is 160 Å². The molecule has 1 amide bonds. The Morgan fingerprint density at radius 3 is 2.50 bits per heavy atom. The molecular weight excluding hydrogens is 378 g/mol. The Morgan fingerprint density at radius 1 is 1.19 bits per heavy atom. The van der Waals surface area contributed by atoms with Gasteiger partial charge in [-0.05, 0) is 36.2 Å². The first-order valence-electron chi connectivity index (χ1n) is 7.90. The third-order valence-corrected chi connectivity index (χ3v) is 5.04. The second kappa shape index (κ2) is 9.45. The maximum absolute atomic E-state index is 12.3. The van der Waals surface area contributed by atoms with Crippen LogP contribution in [0.15, 0.2) is 30.3 Å². The Morgan fingerprint density at radius 2 is 1.92 bits per heavy atom. The molecule has 140 valence electrons. The van der Waals surface area contributed by atoms with Crippen LogP contribution in [0.2, 0.25) is 4.34 Å². The molecule has 0 radical (unpaired) electrons. The summed E-state index contributed by atoms with van der Waals surface area (Å²) in [7, 11) is 3.02. The van der Waals surface area contributed by atoms with Crippen molar-refractivity contribution < 1.29 is 24.2 Å². The van der Waals surface area contributed by atoms with Crippen molar-refractivity contribution >= 4 is 34.8 Å². The van der Waals surface area contributed by atoms with Crippen LogP contribution in [0.5, 0.6) is 11.5 Å². The molecule has 6 nitrogen and oxygen atoms in total. The minimum atomic E-state index is -1.00. The van der Waals surface area contributed by atoms with Gasteiger partial charge in [0.05, 0.1) is 31.0 Å². The minimum Gasteiger partial charge on any atom is -0.493 e. The Kier molecular flexibility index (Phi) is 7.29. The number of carbonyl (C=O) groups excluding carboxylic acids is 1. The quantitative estimate of drug-likeness (QED) is 0.674. The van der Waals surface area contributed by atoms with Gasteiger partial charge in [0.15, 0.2) is 11.5 Å². The summed E-state index contributed by atoms with van der Waals surface area (Å²) in [5.41, 5.74) is 0.637. The van der Waals surface area contributed by atoms with Crippen LogP contribution in [0.4, 0.5) is 0 Å². The Hall–Kier alpha value is -2.25. The van der Waals surface area contributed by atoms with Crippen molar-refractivity contribution in [3.05, 3.63) is 45.1 Å². The van der Waals surface area contributed by atoms with Crippen molar-refractivity contribution in [2.45, 2.75) is 25.3 Å². The molecule has 1 heterocycles. The molecule has 0 fully saturated rings. The summed E-state index contributed by atoms with van der Waals surface area (Å²) in [5, 5.41) is 12.0. The van der Waals surface area contributed by atoms with Crippen LogP contribution in [0.3, 0.4) is 0 Å². The lowest BCUT2D eigenvalue weighted by Gasteiger charge is -2.19. The summed E-state index contributed by atoms with van der Waals surface area (Å²) < 4.78 is 11.1. The number of carboxylic acids is 1. The van der Waals surface area contributed by atoms with Gasteiger partial charge in [-0.1, -0.05) is 17.7 Å². The topological polar surface area (TPSA) is 84.9 Å². The van der Waals surface area contributed by atoms with Crippen LogP contribution >= 0.6 is 22.9 Å². The second-order valence-electron chi connectivity index (χ2n) is 5.54. The number of thiophene rings is 1. The number of halogens is 1. The number of rotatable bonds is 9. The second-order valence-corrected chi connectivity index (χ2v) is 7.34. The zero-order valence-corrected chi connectivity index (χ0v) is 16.0. The fourth-order valence-corrected chi connectivity index (χ4v) is 3.57. The number of nitrogens with one attached hydrogen (secondary N) is 1. The molecule has 2 N–H and O–H groups in total. The lowest BCUT2D eigenvalue weighted by molar-refractivity contribution is -0.137. The van der Waals surface area contributed by atoms with E-state index in [0.29, 0.717) is 27.8 Å². The number of carboxylic acid groups (broad SMARTS) is 1. The monoisotopic (exact) mass is 397 g/mol. The highest BCUT2D eigenvalue weighted by molar-refractivity contribution is 7.16. The van der Waals surface area contributed by atoms with Gasteiger partial charge in [0, 0.05) is 11.3 Å². The van der Waals surface area contributed by atoms with Gasteiger partial charge < -0.3 is 19.9 Å². The number of aryl methyl sites for hydroxylation is 1. The summed E-state index contributed by atoms with van der Waals surface area (Å²) in [6, 6.07) is 8.08. The minimum absolute atomic E-state index is 0.226. The van der Waals surface area contributed by atoms with E-state index >= 15 is 0 Å². The molecule has 0 spiro atoms. The molecule has 0 aliphatic heterocycles. The van der Waals surface area contributed by atoms with Crippen molar-refractivity contribution in [3.8, 4) is 11.5 Å². The van der Waals surface area contributed by atoms with E-state index in [2.05, 4.69) is 5.32 Å². The van der Waals surface area contributed by atoms with Gasteiger partial charge in [0.25, 0.3) is 0 Å². The summed E-state index contributed by atoms with van der Waals surface area (Å²) in [6.07, 6.45) is 0.571. The third kappa shape index (κ3) is 5.64. The number of hydrogen-bond acceptors (Lipinski definition) is 5. The lowest BCUT2D eigenvalue weighted by atomic mass is 10.0. The normalized spacial score (nSPS) is 11.7. The average molecular weight is 398 g/mol. The predicted molar refractivity (Wildman–Crippen MR) is 100 cm³/mol. The third-order valence-electron chi connectivity index (χ3n) is 3.75. The number of amides is 1. The molecule has 1 aromatic heterocycles. The Bertz CT molecular complexity index is 777. The number of aliphatic carboxylic acids is 1. The highest BCUT2D eigenvalue weighted by atomic mass is 35.5. The van der Waals surface area contributed by atoms with Crippen molar-refractivity contribution in [2.24, 2.45) is 0 Å². The molecular formula is C18H20ClNO5S. The van der Waals surface area contributed by atoms with Crippen LogP contribution in [0.25, 0.3) is 0 Å². The highest BCUT2D eigenvalue weighted by Crippen LogP contribution is 2.31. The highest BCUT2D eigenvalue weighted by Gasteiger charge is 2.20. The first kappa shape index (κ1) is 20.1. The summed E-state index contributed by atoms with van der Waals surface area (Å²) in [5.74, 6) is -0.222. The molecule has 0 saturated carbocycles. The van der Waals surface area contributed by atoms with Gasteiger partial charge >= 0.3 is 5.97 Å². The Balaban J connectivity index is 2.08. The molecule has 0 bridgehead atoms. The predicted octanol–water partition coefficient (Wildman–Crippen LogP) is 3.68. The molecule has 26 heavy (non-hydrogen) atoms. The van der Waals surface area contributed by atoms with E-state index in [1.807, 2.05) is 6.07 Å². The average Bonchev–Trinajstić information content (AvgIpc) is 3.03. The number of carbonyl (C=O) groups is 2. The van der Waals surface area contributed by atoms with Gasteiger partial charge in [-0.2, -0.15) is 0 Å². The summed E-state index contributed by atoms with van der Waals surface area (Å²) in [4.78, 5) is 24.5. The molecule has 2 aromatic rings. The van der Waals surface area contributed by atoms with Crippen molar-refractivity contribution in [2.75, 3.05) is 14.2 Å². The number of benzene rings is 1. The molecule has 0 saturated heterocycles. The van der Waals surface area contributed by atoms with E-state index in [0.717, 1.165) is 4.88 Å². The van der Waals surface area contributed by atoms with Gasteiger partial charge in [-0.25, -0.2) is 0 Å². The summed E-state index contributed by atoms with van der Waals surface area (Å²) >= 11 is 7.31. The molecule has 1 atom stereocenters. The largest absolute Gasteiger partial charge is 0.493 e. The van der Waals surface area contributed by atoms with Gasteiger partial charge in [-0.15, -0.1) is 11.3 Å². The fraction of sp³-hybridized carbons (Fsp3) is 0.333. The smallest absolute Gasteiger partial charge is 0.305 e. The fourth-order valence-electron chi connectivity index (χ4n) is 2.49. The molecule has 8 heteroatoms. The van der Waals surface area contributed by atoms with Crippen LogP contribution in [-0.4, -0.2) is 31.2 Å². The summed E-state index contributed by atoms with van der Waals surface area (Å²) in [6.45, 7) is 0. The maximum atomic E-state index is 12.3. The van der Waals surface area contributed by atoms with Crippen LogP contribution in [0, 0.1) is 0 Å². The van der Waals surface area contributed by atoms with Crippen molar-refractivity contribution in [3.63, 3.8) is 0 Å². The first-order valence-corrected chi connectivity index (χ1v) is 9.09. The first-order chi connectivity index (χ1) is 12.4. The molecule has 1 aromatic carbocycles. The molecule has 2 rings (SSSR count). The molecule has 0 aliphatic rings. The van der Waals surface area contributed by atoms with Crippen molar-refractivity contribution in [1.82, 2.24) is 5.32 Å². The number of methoxy groups -OCH3 is 2. The SMILES string of the molecule is COc1ccc(C(CC(=O)O)NC(=O)CCc2ccc(Cl)s2)cc1OC. The molecule has 1 unspecified atom stereocenters. The standard InChI is InChI=1S/C18H20ClNO5S/c1-24-14-6-3-11(9-15(14)25-2)13(10-18(22)23)20-17(21)8-5-12-4-7-16(19)26-12/h3-4,6-7,9,13H,5,8,10H2,1-2H3,(H,20,21)(H,22,23). The van der Waals surface area contributed by atoms with Crippen molar-refractivity contribution in [1.29, 1.82) is 0 Å². The van der Waals surface area contributed by atoms with Crippen LogP contribution < -0.4 is 14.8 Å².